The Bertz CT molecular complexity index is 1040. The van der Waals surface area contributed by atoms with Crippen molar-refractivity contribution in [3.8, 4) is 17.2 Å². The van der Waals surface area contributed by atoms with E-state index in [-0.39, 0.29) is 74.8 Å². The van der Waals surface area contributed by atoms with Gasteiger partial charge in [-0.3, -0.25) is 0 Å². The minimum Gasteiger partial charge on any atom is -0.507 e. The summed E-state index contributed by atoms with van der Waals surface area (Å²) in [6.45, 7) is 0. The Morgan fingerprint density at radius 1 is 0.500 bits per heavy atom. The molecule has 0 aliphatic carbocycles. The topological polar surface area (TPSA) is 251 Å². The number of benzene rings is 3. The van der Waals surface area contributed by atoms with Gasteiger partial charge in [-0.15, -0.1) is 0 Å². The first-order valence-electron chi connectivity index (χ1n) is 8.78. The predicted octanol–water partition coefficient (Wildman–Crippen LogP) is 2.02. The van der Waals surface area contributed by atoms with Crippen molar-refractivity contribution in [1.29, 1.82) is 0 Å². The predicted molar refractivity (Wildman–Crippen MR) is 118 cm³/mol. The molecule has 13 heteroatoms. The first-order valence-corrected chi connectivity index (χ1v) is 8.78. The van der Waals surface area contributed by atoms with Gasteiger partial charge in [-0.2, -0.15) is 0 Å². The van der Waals surface area contributed by atoms with Gasteiger partial charge >= 0.3 is 17.9 Å². The number of nitrogens with two attached hydrogens (primary N) is 3. The van der Waals surface area contributed by atoms with Crippen LogP contribution < -0.4 is 17.2 Å². The van der Waals surface area contributed by atoms with E-state index in [0.29, 0.717) is 17.1 Å². The summed E-state index contributed by atoms with van der Waals surface area (Å²) in [5.41, 5.74) is 16.4. The Morgan fingerprint density at radius 3 is 0.853 bits per heavy atom. The molecule has 0 aliphatic rings. The van der Waals surface area contributed by atoms with Gasteiger partial charge in [0.25, 0.3) is 0 Å². The van der Waals surface area contributed by atoms with Crippen LogP contribution in [-0.2, 0) is 0 Å². The molecule has 0 atom stereocenters. The Balaban J connectivity index is 0.000000473. The van der Waals surface area contributed by atoms with Crippen molar-refractivity contribution in [2.24, 2.45) is 0 Å². The second-order valence-electron chi connectivity index (χ2n) is 6.25. The maximum atomic E-state index is 10.3. The fourth-order valence-corrected chi connectivity index (χ4v) is 2.19. The molecule has 0 fully saturated rings. The van der Waals surface area contributed by atoms with E-state index in [0.717, 1.165) is 0 Å². The number of hydrogen-bond acceptors (Lipinski definition) is 9. The smallest absolute Gasteiger partial charge is 0.339 e. The first-order chi connectivity index (χ1) is 15.3. The van der Waals surface area contributed by atoms with Crippen LogP contribution in [0.15, 0.2) is 54.6 Å². The summed E-state index contributed by atoms with van der Waals surface area (Å²) in [6.07, 6.45) is 0. The number of anilines is 3. The number of carboxylic acid groups (broad SMARTS) is 3. The normalized spacial score (nSPS) is 9.18. The van der Waals surface area contributed by atoms with Crippen molar-refractivity contribution in [2.45, 2.75) is 0 Å². The number of carbonyl (C=O) groups is 3. The average molecular weight is 604 g/mol. The number of hydrogen-bond donors (Lipinski definition) is 9. The molecule has 0 amide bonds. The van der Waals surface area contributed by atoms with Crippen LogP contribution in [0, 0.1) is 40.8 Å². The molecule has 0 aromatic heterocycles. The second-order valence-corrected chi connectivity index (χ2v) is 6.25. The van der Waals surface area contributed by atoms with E-state index in [1.54, 1.807) is 0 Å². The van der Waals surface area contributed by atoms with Gasteiger partial charge in [0.05, 0.1) is 0 Å². The van der Waals surface area contributed by atoms with Crippen LogP contribution in [-0.4, -0.2) is 48.5 Å². The van der Waals surface area contributed by atoms with Crippen molar-refractivity contribution in [3.05, 3.63) is 71.3 Å². The van der Waals surface area contributed by atoms with Gasteiger partial charge in [0.15, 0.2) is 0 Å². The summed E-state index contributed by atoms with van der Waals surface area (Å²) in [4.78, 5) is 31.0. The minimum absolute atomic E-state index is 0. The van der Waals surface area contributed by atoms with E-state index in [1.165, 1.54) is 54.6 Å². The zero-order valence-corrected chi connectivity index (χ0v) is 20.5. The molecular formula is C21H21N3NdO9. The Labute approximate surface area is 225 Å². The number of phenols is 3. The molecule has 178 valence electrons. The van der Waals surface area contributed by atoms with Crippen molar-refractivity contribution in [1.82, 2.24) is 0 Å². The van der Waals surface area contributed by atoms with E-state index in [4.69, 9.17) is 47.8 Å². The molecule has 0 saturated heterocycles. The third kappa shape index (κ3) is 9.38. The summed E-state index contributed by atoms with van der Waals surface area (Å²) < 4.78 is 0. The van der Waals surface area contributed by atoms with Gasteiger partial charge in [-0.1, -0.05) is 0 Å². The molecule has 0 saturated carbocycles. The summed E-state index contributed by atoms with van der Waals surface area (Å²) in [5.74, 6) is -4.42. The molecule has 0 heterocycles. The fourth-order valence-electron chi connectivity index (χ4n) is 2.19. The monoisotopic (exact) mass is 601 g/mol. The largest absolute Gasteiger partial charge is 0.507 e. The standard InChI is InChI=1S/3C7H7NO3.Nd/c3*8-4-1-2-5(7(10)11)6(9)3-4;/h3*1-3,9H,8H2,(H,10,11);. The van der Waals surface area contributed by atoms with Crippen molar-refractivity contribution in [2.75, 3.05) is 17.2 Å². The molecule has 0 spiro atoms. The van der Waals surface area contributed by atoms with E-state index < -0.39 is 17.9 Å². The average Bonchev–Trinajstić information content (AvgIpc) is 2.68. The molecule has 0 radical (unpaired) electrons. The fraction of sp³-hybridized carbons (Fsp3) is 0. The van der Waals surface area contributed by atoms with E-state index in [2.05, 4.69) is 0 Å². The molecule has 3 aromatic carbocycles. The Kier molecular flexibility index (Phi) is 12.2. The van der Waals surface area contributed by atoms with Gasteiger partial charge < -0.3 is 47.8 Å². The number of carboxylic acids is 3. The zero-order chi connectivity index (χ0) is 25.3. The van der Waals surface area contributed by atoms with Crippen LogP contribution in [0.5, 0.6) is 17.2 Å². The number of aromatic carboxylic acids is 3. The third-order valence-electron chi connectivity index (χ3n) is 3.76. The molecule has 3 rings (SSSR count). The van der Waals surface area contributed by atoms with Gasteiger partial charge in [0.1, 0.15) is 33.9 Å². The summed E-state index contributed by atoms with van der Waals surface area (Å²) in [6, 6.07) is 11.6. The first kappa shape index (κ1) is 30.2. The van der Waals surface area contributed by atoms with Crippen LogP contribution in [0.4, 0.5) is 17.1 Å². The molecule has 34 heavy (non-hydrogen) atoms. The van der Waals surface area contributed by atoms with Crippen LogP contribution in [0.1, 0.15) is 31.1 Å². The molecular weight excluding hydrogens is 582 g/mol. The van der Waals surface area contributed by atoms with Crippen molar-refractivity contribution < 1.29 is 85.9 Å². The van der Waals surface area contributed by atoms with Gasteiger partial charge in [0.2, 0.25) is 0 Å². The number of aromatic hydroxyl groups is 3. The summed E-state index contributed by atoms with van der Waals surface area (Å²) >= 11 is 0. The van der Waals surface area contributed by atoms with Gasteiger partial charge in [0, 0.05) is 76.1 Å². The molecule has 3 aromatic rings. The molecule has 0 unspecified atom stereocenters. The quantitative estimate of drug-likeness (QED) is 0.195. The van der Waals surface area contributed by atoms with Crippen molar-refractivity contribution >= 4 is 35.0 Å². The molecule has 0 bridgehead atoms. The van der Waals surface area contributed by atoms with E-state index in [9.17, 15) is 14.4 Å². The second kappa shape index (κ2) is 13.7. The maximum absolute atomic E-state index is 10.3. The molecule has 12 nitrogen and oxygen atoms in total. The SMILES string of the molecule is Nc1ccc(C(=O)O)c(O)c1.Nc1ccc(C(=O)O)c(O)c1.Nc1ccc(C(=O)O)c(O)c1.[Nd]. The summed E-state index contributed by atoms with van der Waals surface area (Å²) in [5, 5.41) is 52.4. The van der Waals surface area contributed by atoms with Crippen LogP contribution in [0.2, 0.25) is 0 Å². The zero-order valence-electron chi connectivity index (χ0n) is 17.3. The van der Waals surface area contributed by atoms with Crippen LogP contribution >= 0.6 is 0 Å². The minimum atomic E-state index is -1.16. The Morgan fingerprint density at radius 2 is 0.706 bits per heavy atom. The van der Waals surface area contributed by atoms with Crippen molar-refractivity contribution in [3.63, 3.8) is 0 Å². The molecule has 12 N–H and O–H groups in total. The van der Waals surface area contributed by atoms with Crippen LogP contribution in [0.25, 0.3) is 0 Å². The van der Waals surface area contributed by atoms with E-state index >= 15 is 0 Å². The maximum Gasteiger partial charge on any atom is 0.339 e. The summed E-state index contributed by atoms with van der Waals surface area (Å²) in [7, 11) is 0. The number of nitrogen functional groups attached to an aromatic ring is 3. The number of rotatable bonds is 3. The Hall–Kier alpha value is -3.78. The van der Waals surface area contributed by atoms with E-state index in [1.807, 2.05) is 0 Å². The van der Waals surface area contributed by atoms with Crippen LogP contribution in [0.3, 0.4) is 0 Å². The third-order valence-corrected chi connectivity index (χ3v) is 3.76. The van der Waals surface area contributed by atoms with Gasteiger partial charge in [-0.05, 0) is 36.4 Å². The molecule has 0 aliphatic heterocycles. The van der Waals surface area contributed by atoms with Gasteiger partial charge in [-0.25, -0.2) is 14.4 Å².